The lowest BCUT2D eigenvalue weighted by molar-refractivity contribution is -0.157. The molecule has 28 heavy (non-hydrogen) atoms. The molecule has 0 radical (unpaired) electrons. The molecule has 5 nitrogen and oxygen atoms in total. The van der Waals surface area contributed by atoms with Gasteiger partial charge in [0.2, 0.25) is 0 Å². The van der Waals surface area contributed by atoms with Gasteiger partial charge in [-0.1, -0.05) is 0 Å². The Kier molecular flexibility index (Phi) is 5.67. The molecule has 0 atom stereocenters. The molecule has 0 bridgehead atoms. The Morgan fingerprint density at radius 1 is 1.00 bits per heavy atom. The van der Waals surface area contributed by atoms with Crippen LogP contribution in [-0.2, 0) is 21.9 Å². The third kappa shape index (κ3) is 5.89. The van der Waals surface area contributed by atoms with E-state index in [1.807, 2.05) is 0 Å². The standard InChI is InChI=1S/C17H15F6NO4/c1-15(2,3)28-13(25)8-27-14-24-12(7-26-14)9-4-10(16(18,19)20)6-11(5-9)17(21,22)23/h4-7H,8H2,1-3H3. The molecule has 0 saturated heterocycles. The Balaban J connectivity index is 2.25. The Hall–Kier alpha value is -2.72. The minimum Gasteiger partial charge on any atom is -0.457 e. The van der Waals surface area contributed by atoms with Crippen molar-refractivity contribution in [3.05, 3.63) is 35.6 Å². The maximum absolute atomic E-state index is 12.9. The van der Waals surface area contributed by atoms with E-state index in [9.17, 15) is 31.1 Å². The quantitative estimate of drug-likeness (QED) is 0.518. The van der Waals surface area contributed by atoms with Gasteiger partial charge in [0.25, 0.3) is 0 Å². The molecule has 154 valence electrons. The molecule has 11 heteroatoms. The van der Waals surface area contributed by atoms with E-state index in [0.717, 1.165) is 6.26 Å². The molecule has 0 fully saturated rings. The number of carbonyl (C=O) groups is 1. The average Bonchev–Trinajstić information content (AvgIpc) is 2.98. The van der Waals surface area contributed by atoms with Crippen LogP contribution in [-0.4, -0.2) is 23.2 Å². The van der Waals surface area contributed by atoms with Gasteiger partial charge >= 0.3 is 24.4 Å². The molecule has 1 aromatic heterocycles. The average molecular weight is 411 g/mol. The Labute approximate surface area is 155 Å². The fourth-order valence-electron chi connectivity index (χ4n) is 2.05. The first-order valence-corrected chi connectivity index (χ1v) is 7.75. The lowest BCUT2D eigenvalue weighted by Gasteiger charge is -2.18. The summed E-state index contributed by atoms with van der Waals surface area (Å²) >= 11 is 0. The Morgan fingerprint density at radius 3 is 2.00 bits per heavy atom. The van der Waals surface area contributed by atoms with Crippen LogP contribution >= 0.6 is 0 Å². The van der Waals surface area contributed by atoms with Gasteiger partial charge in [0.05, 0.1) is 11.1 Å². The number of aromatic nitrogens is 1. The van der Waals surface area contributed by atoms with Crippen LogP contribution in [0.15, 0.2) is 28.9 Å². The van der Waals surface area contributed by atoms with Gasteiger partial charge in [0.1, 0.15) is 17.6 Å². The number of ether oxygens (including phenoxy) is 2. The van der Waals surface area contributed by atoms with Crippen LogP contribution in [0, 0.1) is 0 Å². The minimum absolute atomic E-state index is 0.00347. The van der Waals surface area contributed by atoms with Crippen molar-refractivity contribution in [2.24, 2.45) is 0 Å². The molecular formula is C17H15F6NO4. The van der Waals surface area contributed by atoms with Crippen molar-refractivity contribution in [3.8, 4) is 17.3 Å². The van der Waals surface area contributed by atoms with Crippen molar-refractivity contribution in [1.29, 1.82) is 0 Å². The van der Waals surface area contributed by atoms with E-state index < -0.39 is 53.3 Å². The van der Waals surface area contributed by atoms with Gasteiger partial charge in [-0.2, -0.15) is 31.3 Å². The smallest absolute Gasteiger partial charge is 0.416 e. The van der Waals surface area contributed by atoms with Crippen LogP contribution in [0.2, 0.25) is 0 Å². The van der Waals surface area contributed by atoms with Crippen molar-refractivity contribution < 1.29 is 45.0 Å². The summed E-state index contributed by atoms with van der Waals surface area (Å²) in [6, 6.07) is 1.01. The zero-order valence-corrected chi connectivity index (χ0v) is 14.9. The molecule has 0 aliphatic rings. The molecule has 0 saturated carbocycles. The fraction of sp³-hybridized carbons (Fsp3) is 0.412. The number of halogens is 6. The number of oxazole rings is 1. The third-order valence-electron chi connectivity index (χ3n) is 3.10. The largest absolute Gasteiger partial charge is 0.457 e. The fourth-order valence-corrected chi connectivity index (χ4v) is 2.05. The zero-order chi connectivity index (χ0) is 21.3. The van der Waals surface area contributed by atoms with Crippen LogP contribution in [0.4, 0.5) is 26.3 Å². The van der Waals surface area contributed by atoms with Crippen LogP contribution in [0.5, 0.6) is 6.08 Å². The van der Waals surface area contributed by atoms with Gasteiger partial charge in [0.15, 0.2) is 6.61 Å². The van der Waals surface area contributed by atoms with Gasteiger partial charge in [-0.05, 0) is 39.0 Å². The molecule has 0 amide bonds. The highest BCUT2D eigenvalue weighted by Crippen LogP contribution is 2.38. The lowest BCUT2D eigenvalue weighted by Crippen LogP contribution is -2.27. The number of hydrogen-bond acceptors (Lipinski definition) is 5. The van der Waals surface area contributed by atoms with Gasteiger partial charge in [0, 0.05) is 5.56 Å². The maximum Gasteiger partial charge on any atom is 0.416 e. The highest BCUT2D eigenvalue weighted by atomic mass is 19.4. The van der Waals surface area contributed by atoms with E-state index in [-0.39, 0.29) is 11.8 Å². The number of esters is 1. The van der Waals surface area contributed by atoms with Crippen molar-refractivity contribution in [1.82, 2.24) is 4.98 Å². The van der Waals surface area contributed by atoms with Gasteiger partial charge < -0.3 is 13.9 Å². The summed E-state index contributed by atoms with van der Waals surface area (Å²) in [7, 11) is 0. The number of carbonyl (C=O) groups excluding carboxylic acids is 1. The van der Waals surface area contributed by atoms with Gasteiger partial charge in [-0.25, -0.2) is 4.79 Å². The number of alkyl halides is 6. The Bertz CT molecular complexity index is 816. The number of hydrogen-bond donors (Lipinski definition) is 0. The summed E-state index contributed by atoms with van der Waals surface area (Å²) in [5.41, 5.74) is -4.55. The Morgan fingerprint density at radius 2 is 1.54 bits per heavy atom. The molecule has 0 N–H and O–H groups in total. The first-order valence-electron chi connectivity index (χ1n) is 7.75. The van der Waals surface area contributed by atoms with E-state index in [1.165, 1.54) is 0 Å². The van der Waals surface area contributed by atoms with Crippen LogP contribution in [0.25, 0.3) is 11.3 Å². The van der Waals surface area contributed by atoms with E-state index in [4.69, 9.17) is 13.9 Å². The van der Waals surface area contributed by atoms with E-state index in [1.54, 1.807) is 20.8 Å². The molecule has 0 aliphatic carbocycles. The predicted octanol–water partition coefficient (Wildman–Crippen LogP) is 5.10. The number of benzene rings is 1. The topological polar surface area (TPSA) is 61.6 Å². The predicted molar refractivity (Wildman–Crippen MR) is 83.3 cm³/mol. The summed E-state index contributed by atoms with van der Waals surface area (Å²) in [5, 5.41) is 0. The number of rotatable bonds is 4. The van der Waals surface area contributed by atoms with Crippen LogP contribution < -0.4 is 4.74 Å². The van der Waals surface area contributed by atoms with Crippen molar-refractivity contribution in [2.45, 2.75) is 38.7 Å². The number of nitrogens with zero attached hydrogens (tertiary/aromatic N) is 1. The summed E-state index contributed by atoms with van der Waals surface area (Å²) in [6.07, 6.45) is -9.67. The molecule has 0 unspecified atom stereocenters. The second kappa shape index (κ2) is 7.36. The summed E-state index contributed by atoms with van der Waals surface area (Å²) in [4.78, 5) is 15.2. The SMILES string of the molecule is CC(C)(C)OC(=O)COc1nc(-c2cc(C(F)(F)F)cc(C(F)(F)F)c2)co1. The molecule has 2 aromatic rings. The molecule has 0 spiro atoms. The second-order valence-electron chi connectivity index (χ2n) is 6.67. The van der Waals surface area contributed by atoms with Crippen molar-refractivity contribution in [3.63, 3.8) is 0 Å². The van der Waals surface area contributed by atoms with Crippen molar-refractivity contribution >= 4 is 5.97 Å². The second-order valence-corrected chi connectivity index (χ2v) is 6.67. The first-order chi connectivity index (χ1) is 12.6. The van der Waals surface area contributed by atoms with Gasteiger partial charge in [-0.3, -0.25) is 0 Å². The first kappa shape index (κ1) is 21.6. The van der Waals surface area contributed by atoms with E-state index in [2.05, 4.69) is 4.98 Å². The van der Waals surface area contributed by atoms with Gasteiger partial charge in [-0.15, -0.1) is 0 Å². The molecule has 2 rings (SSSR count). The van der Waals surface area contributed by atoms with Crippen LogP contribution in [0.1, 0.15) is 31.9 Å². The van der Waals surface area contributed by atoms with Crippen molar-refractivity contribution in [2.75, 3.05) is 6.61 Å². The summed E-state index contributed by atoms with van der Waals surface area (Å²) in [5.74, 6) is -0.759. The third-order valence-corrected chi connectivity index (χ3v) is 3.10. The monoisotopic (exact) mass is 411 g/mol. The molecule has 0 aliphatic heterocycles. The summed E-state index contributed by atoms with van der Waals surface area (Å²) < 4.78 is 92.2. The zero-order valence-electron chi connectivity index (χ0n) is 14.9. The minimum atomic E-state index is -4.99. The molecule has 1 heterocycles. The highest BCUT2D eigenvalue weighted by molar-refractivity contribution is 5.71. The molecule has 1 aromatic carbocycles. The van der Waals surface area contributed by atoms with Crippen LogP contribution in [0.3, 0.4) is 0 Å². The van der Waals surface area contributed by atoms with E-state index in [0.29, 0.717) is 12.1 Å². The molecular weight excluding hydrogens is 396 g/mol. The van der Waals surface area contributed by atoms with E-state index >= 15 is 0 Å². The normalized spacial score (nSPS) is 12.8. The lowest BCUT2D eigenvalue weighted by atomic mass is 10.0. The maximum atomic E-state index is 12.9. The highest BCUT2D eigenvalue weighted by Gasteiger charge is 2.37. The summed E-state index contributed by atoms with van der Waals surface area (Å²) in [6.45, 7) is 4.27.